The van der Waals surface area contributed by atoms with Crippen molar-refractivity contribution in [2.24, 2.45) is 4.99 Å². The smallest absolute Gasteiger partial charge is 0.407 e. The summed E-state index contributed by atoms with van der Waals surface area (Å²) in [5.74, 6) is 0. The zero-order valence-electron chi connectivity index (χ0n) is 10.4. The van der Waals surface area contributed by atoms with Gasteiger partial charge in [0, 0.05) is 19.8 Å². The number of hydrogen-bond donors (Lipinski definition) is 1. The molecule has 17 heavy (non-hydrogen) atoms. The normalized spacial score (nSPS) is 11.7. The molecule has 4 nitrogen and oxygen atoms in total. The maximum Gasteiger partial charge on any atom is 0.407 e. The van der Waals surface area contributed by atoms with Crippen molar-refractivity contribution < 1.29 is 9.90 Å². The van der Waals surface area contributed by atoms with Crippen molar-refractivity contribution in [2.75, 3.05) is 13.6 Å². The van der Waals surface area contributed by atoms with Crippen molar-refractivity contribution in [3.8, 4) is 0 Å². The first kappa shape index (κ1) is 13.2. The molecule has 1 aromatic rings. The lowest BCUT2D eigenvalue weighted by atomic mass is 10.1. The van der Waals surface area contributed by atoms with E-state index in [4.69, 9.17) is 5.11 Å². The number of likely N-dealkylation sites (N-methyl/N-ethyl adjacent to an activating group) is 1. The van der Waals surface area contributed by atoms with Crippen molar-refractivity contribution in [3.63, 3.8) is 0 Å². The Kier molecular flexibility index (Phi) is 4.26. The van der Waals surface area contributed by atoms with E-state index < -0.39 is 11.6 Å². The van der Waals surface area contributed by atoms with Crippen LogP contribution in [0, 0.1) is 0 Å². The Hall–Kier alpha value is -1.84. The van der Waals surface area contributed by atoms with Gasteiger partial charge in [-0.1, -0.05) is 30.3 Å². The average molecular weight is 234 g/mol. The summed E-state index contributed by atoms with van der Waals surface area (Å²) in [4.78, 5) is 16.4. The number of aliphatic imine (C=N–C) groups is 1. The Labute approximate surface area is 102 Å². The summed E-state index contributed by atoms with van der Waals surface area (Å²) in [6, 6.07) is 9.75. The fraction of sp³-hybridized carbons (Fsp3) is 0.385. The molecule has 0 spiro atoms. The van der Waals surface area contributed by atoms with Gasteiger partial charge in [-0.25, -0.2) is 4.79 Å². The lowest BCUT2D eigenvalue weighted by Gasteiger charge is -2.24. The summed E-state index contributed by atoms with van der Waals surface area (Å²) < 4.78 is 0. The van der Waals surface area contributed by atoms with E-state index in [1.165, 1.54) is 4.90 Å². The predicted molar refractivity (Wildman–Crippen MR) is 68.8 cm³/mol. The van der Waals surface area contributed by atoms with Crippen LogP contribution in [0.3, 0.4) is 0 Å². The van der Waals surface area contributed by atoms with Gasteiger partial charge < -0.3 is 10.0 Å². The molecule has 0 bridgehead atoms. The highest BCUT2D eigenvalue weighted by Gasteiger charge is 2.20. The number of rotatable bonds is 4. The molecular weight excluding hydrogens is 216 g/mol. The first-order valence-corrected chi connectivity index (χ1v) is 5.45. The molecule has 1 aromatic carbocycles. The van der Waals surface area contributed by atoms with Gasteiger partial charge >= 0.3 is 6.09 Å². The predicted octanol–water partition coefficient (Wildman–Crippen LogP) is 2.49. The molecule has 0 saturated carbocycles. The maximum absolute atomic E-state index is 10.7. The van der Waals surface area contributed by atoms with E-state index in [0.717, 1.165) is 5.56 Å². The van der Waals surface area contributed by atoms with Crippen LogP contribution in [-0.2, 0) is 0 Å². The zero-order valence-corrected chi connectivity index (χ0v) is 10.4. The van der Waals surface area contributed by atoms with Crippen LogP contribution in [0.5, 0.6) is 0 Å². The lowest BCUT2D eigenvalue weighted by molar-refractivity contribution is 0.148. The van der Waals surface area contributed by atoms with E-state index >= 15 is 0 Å². The van der Waals surface area contributed by atoms with Gasteiger partial charge in [-0.3, -0.25) is 4.99 Å². The molecule has 0 unspecified atom stereocenters. The third-order valence-electron chi connectivity index (χ3n) is 2.31. The Morgan fingerprint density at radius 2 is 2.00 bits per heavy atom. The third-order valence-corrected chi connectivity index (χ3v) is 2.31. The van der Waals surface area contributed by atoms with Crippen molar-refractivity contribution in [1.29, 1.82) is 0 Å². The van der Waals surface area contributed by atoms with Crippen LogP contribution < -0.4 is 0 Å². The van der Waals surface area contributed by atoms with Crippen LogP contribution >= 0.6 is 0 Å². The van der Waals surface area contributed by atoms with E-state index in [1.54, 1.807) is 13.3 Å². The van der Waals surface area contributed by atoms with Gasteiger partial charge in [0.05, 0.1) is 5.54 Å². The number of amides is 1. The van der Waals surface area contributed by atoms with Crippen molar-refractivity contribution in [1.82, 2.24) is 4.90 Å². The molecule has 0 aliphatic heterocycles. The average Bonchev–Trinajstić information content (AvgIpc) is 2.27. The summed E-state index contributed by atoms with van der Waals surface area (Å²) in [7, 11) is 1.54. The molecule has 1 N–H and O–H groups in total. The zero-order chi connectivity index (χ0) is 12.9. The van der Waals surface area contributed by atoms with Gasteiger partial charge in [-0.05, 0) is 19.4 Å². The summed E-state index contributed by atoms with van der Waals surface area (Å²) in [5, 5.41) is 8.80. The van der Waals surface area contributed by atoms with E-state index in [0.29, 0.717) is 6.54 Å². The first-order valence-electron chi connectivity index (χ1n) is 5.45. The van der Waals surface area contributed by atoms with E-state index in [2.05, 4.69) is 4.99 Å². The van der Waals surface area contributed by atoms with Gasteiger partial charge in [-0.2, -0.15) is 0 Å². The third kappa shape index (κ3) is 4.68. The maximum atomic E-state index is 10.7. The van der Waals surface area contributed by atoms with Crippen LogP contribution in [0.25, 0.3) is 0 Å². The van der Waals surface area contributed by atoms with Gasteiger partial charge in [0.1, 0.15) is 0 Å². The van der Waals surface area contributed by atoms with Gasteiger partial charge in [-0.15, -0.1) is 0 Å². The SMILES string of the molecule is CN(CC(C)(C)/N=C/c1ccccc1)C(=O)O. The van der Waals surface area contributed by atoms with E-state index in [1.807, 2.05) is 44.2 Å². The first-order chi connectivity index (χ1) is 7.91. The number of nitrogens with zero attached hydrogens (tertiary/aromatic N) is 2. The molecule has 0 aliphatic rings. The topological polar surface area (TPSA) is 52.9 Å². The van der Waals surface area contributed by atoms with Gasteiger partial charge in [0.15, 0.2) is 0 Å². The van der Waals surface area contributed by atoms with Crippen molar-refractivity contribution >= 4 is 12.3 Å². The van der Waals surface area contributed by atoms with Gasteiger partial charge in [0.2, 0.25) is 0 Å². The number of carboxylic acid groups (broad SMARTS) is 1. The monoisotopic (exact) mass is 234 g/mol. The highest BCUT2D eigenvalue weighted by atomic mass is 16.4. The second kappa shape index (κ2) is 5.48. The Bertz CT molecular complexity index is 399. The molecule has 0 radical (unpaired) electrons. The van der Waals surface area contributed by atoms with Crippen LogP contribution in [0.15, 0.2) is 35.3 Å². The molecule has 0 heterocycles. The Morgan fingerprint density at radius 1 is 1.41 bits per heavy atom. The molecule has 0 atom stereocenters. The van der Waals surface area contributed by atoms with Crippen LogP contribution in [0.4, 0.5) is 4.79 Å². The number of benzene rings is 1. The minimum Gasteiger partial charge on any atom is -0.465 e. The quantitative estimate of drug-likeness (QED) is 0.814. The summed E-state index contributed by atoms with van der Waals surface area (Å²) >= 11 is 0. The Balaban J connectivity index is 2.66. The highest BCUT2D eigenvalue weighted by molar-refractivity contribution is 5.79. The second-order valence-electron chi connectivity index (χ2n) is 4.62. The van der Waals surface area contributed by atoms with Crippen LogP contribution in [0.1, 0.15) is 19.4 Å². The second-order valence-corrected chi connectivity index (χ2v) is 4.62. The molecule has 0 aromatic heterocycles. The minimum atomic E-state index is -0.937. The number of hydrogen-bond acceptors (Lipinski definition) is 2. The number of carbonyl (C=O) groups is 1. The summed E-state index contributed by atoms with van der Waals surface area (Å²) in [6.45, 7) is 4.18. The molecule has 1 amide bonds. The highest BCUT2D eigenvalue weighted by Crippen LogP contribution is 2.11. The standard InChI is InChI=1S/C13H18N2O2/c1-13(2,10-15(3)12(16)17)14-9-11-7-5-4-6-8-11/h4-9H,10H2,1-3H3,(H,16,17)/b14-9+. The van der Waals surface area contributed by atoms with Gasteiger partial charge in [0.25, 0.3) is 0 Å². The fourth-order valence-corrected chi connectivity index (χ4v) is 1.48. The van der Waals surface area contributed by atoms with E-state index in [9.17, 15) is 4.79 Å². The molecule has 92 valence electrons. The molecule has 4 heteroatoms. The fourth-order valence-electron chi connectivity index (χ4n) is 1.48. The molecule has 0 saturated heterocycles. The summed E-state index contributed by atoms with van der Waals surface area (Å²) in [5.41, 5.74) is 0.585. The van der Waals surface area contributed by atoms with Crippen molar-refractivity contribution in [2.45, 2.75) is 19.4 Å². The molecular formula is C13H18N2O2. The minimum absolute atomic E-state index is 0.367. The van der Waals surface area contributed by atoms with Crippen LogP contribution in [-0.4, -0.2) is 41.4 Å². The molecule has 0 fully saturated rings. The molecule has 1 rings (SSSR count). The van der Waals surface area contributed by atoms with Crippen LogP contribution in [0.2, 0.25) is 0 Å². The largest absolute Gasteiger partial charge is 0.465 e. The summed E-state index contributed by atoms with van der Waals surface area (Å²) in [6.07, 6.45) is 0.836. The van der Waals surface area contributed by atoms with E-state index in [-0.39, 0.29) is 0 Å². The lowest BCUT2D eigenvalue weighted by Crippen LogP contribution is -2.38. The molecule has 0 aliphatic carbocycles. The Morgan fingerprint density at radius 3 is 2.53 bits per heavy atom. The van der Waals surface area contributed by atoms with Crippen molar-refractivity contribution in [3.05, 3.63) is 35.9 Å².